The molecule has 2 aromatic carbocycles. The molecule has 1 aliphatic carbocycles. The van der Waals surface area contributed by atoms with E-state index in [9.17, 15) is 4.79 Å². The molecule has 1 saturated carbocycles. The van der Waals surface area contributed by atoms with Crippen LogP contribution in [0.2, 0.25) is 0 Å². The molecule has 1 amide bonds. The lowest BCUT2D eigenvalue weighted by molar-refractivity contribution is -0.112. The highest BCUT2D eigenvalue weighted by atomic mass is 32.2. The standard InChI is InChI=1S/C31H41NOS/c1-6-10-22(2)19-26-14-16-27(17-15-26)25(5)34-21-24(4)31(33)32-30-18-13-23(3)20-29(30)28-11-8-7-9-12-28/h7-9,11-13,18,20-22,26-27H,5-6,10,14-17,19H2,1-4H3,(H,32,33)/b24-21+. The van der Waals surface area contributed by atoms with Gasteiger partial charge < -0.3 is 5.32 Å². The Kier molecular flexibility index (Phi) is 10.1. The zero-order valence-electron chi connectivity index (χ0n) is 21.4. The molecule has 0 radical (unpaired) electrons. The third-order valence-electron chi connectivity index (χ3n) is 7.07. The Labute approximate surface area is 211 Å². The Morgan fingerprint density at radius 2 is 1.85 bits per heavy atom. The highest BCUT2D eigenvalue weighted by molar-refractivity contribution is 8.05. The maximum absolute atomic E-state index is 12.9. The molecule has 182 valence electrons. The average molecular weight is 476 g/mol. The number of hydrogen-bond acceptors (Lipinski definition) is 2. The van der Waals surface area contributed by atoms with Gasteiger partial charge in [0, 0.05) is 16.8 Å². The monoisotopic (exact) mass is 475 g/mol. The number of benzene rings is 2. The number of carbonyl (C=O) groups excluding carboxylic acids is 1. The first-order valence-corrected chi connectivity index (χ1v) is 13.7. The number of carbonyl (C=O) groups is 1. The van der Waals surface area contributed by atoms with Crippen LogP contribution in [-0.4, -0.2) is 5.91 Å². The second-order valence-electron chi connectivity index (χ2n) is 10.1. The Morgan fingerprint density at radius 3 is 2.53 bits per heavy atom. The normalized spacial score (nSPS) is 19.5. The summed E-state index contributed by atoms with van der Waals surface area (Å²) >= 11 is 1.64. The molecule has 0 spiro atoms. The summed E-state index contributed by atoms with van der Waals surface area (Å²) < 4.78 is 0. The van der Waals surface area contributed by atoms with Crippen molar-refractivity contribution in [3.05, 3.63) is 76.6 Å². The van der Waals surface area contributed by atoms with Gasteiger partial charge in [-0.1, -0.05) is 75.2 Å². The predicted molar refractivity (Wildman–Crippen MR) is 150 cm³/mol. The van der Waals surface area contributed by atoms with Gasteiger partial charge in [-0.2, -0.15) is 0 Å². The van der Waals surface area contributed by atoms with Crippen molar-refractivity contribution in [3.8, 4) is 11.1 Å². The number of anilines is 1. The van der Waals surface area contributed by atoms with Crippen molar-refractivity contribution in [2.45, 2.75) is 72.6 Å². The fourth-order valence-electron chi connectivity index (χ4n) is 5.06. The average Bonchev–Trinajstić information content (AvgIpc) is 2.84. The molecule has 3 heteroatoms. The third-order valence-corrected chi connectivity index (χ3v) is 8.18. The van der Waals surface area contributed by atoms with E-state index in [1.165, 1.54) is 55.4 Å². The molecule has 3 rings (SSSR count). The van der Waals surface area contributed by atoms with Crippen molar-refractivity contribution in [2.24, 2.45) is 17.8 Å². The van der Waals surface area contributed by atoms with Crippen molar-refractivity contribution in [1.82, 2.24) is 0 Å². The zero-order valence-corrected chi connectivity index (χ0v) is 22.2. The lowest BCUT2D eigenvalue weighted by Gasteiger charge is -2.30. The van der Waals surface area contributed by atoms with Crippen molar-refractivity contribution in [3.63, 3.8) is 0 Å². The van der Waals surface area contributed by atoms with Gasteiger partial charge in [-0.3, -0.25) is 4.79 Å². The van der Waals surface area contributed by atoms with Crippen LogP contribution in [0, 0.1) is 24.7 Å². The molecule has 2 nitrogen and oxygen atoms in total. The molecule has 34 heavy (non-hydrogen) atoms. The fourth-order valence-corrected chi connectivity index (χ4v) is 5.92. The van der Waals surface area contributed by atoms with Gasteiger partial charge in [0.1, 0.15) is 0 Å². The smallest absolute Gasteiger partial charge is 0.251 e. The summed E-state index contributed by atoms with van der Waals surface area (Å²) in [5.41, 5.74) is 4.88. The van der Waals surface area contributed by atoms with Gasteiger partial charge >= 0.3 is 0 Å². The Bertz CT molecular complexity index is 986. The maximum atomic E-state index is 12.9. The minimum atomic E-state index is -0.0602. The summed E-state index contributed by atoms with van der Waals surface area (Å²) in [6.07, 6.45) is 9.12. The van der Waals surface area contributed by atoms with E-state index in [1.54, 1.807) is 11.8 Å². The molecular weight excluding hydrogens is 434 g/mol. The first kappa shape index (κ1) is 26.3. The van der Waals surface area contributed by atoms with Crippen LogP contribution in [0.1, 0.15) is 71.3 Å². The van der Waals surface area contributed by atoms with Crippen molar-refractivity contribution >= 4 is 23.4 Å². The first-order valence-electron chi connectivity index (χ1n) is 12.9. The van der Waals surface area contributed by atoms with E-state index in [0.29, 0.717) is 11.5 Å². The molecule has 2 aromatic rings. The summed E-state index contributed by atoms with van der Waals surface area (Å²) in [6.45, 7) is 13.0. The number of hydrogen-bond donors (Lipinski definition) is 1. The second kappa shape index (κ2) is 13.0. The predicted octanol–water partition coefficient (Wildman–Crippen LogP) is 9.38. The molecule has 0 aromatic heterocycles. The zero-order chi connectivity index (χ0) is 24.5. The van der Waals surface area contributed by atoms with Gasteiger partial charge in [-0.05, 0) is 91.7 Å². The van der Waals surface area contributed by atoms with E-state index in [0.717, 1.165) is 28.7 Å². The summed E-state index contributed by atoms with van der Waals surface area (Å²) in [5, 5.41) is 5.10. The van der Waals surface area contributed by atoms with E-state index >= 15 is 0 Å². The van der Waals surface area contributed by atoms with Gasteiger partial charge in [0.2, 0.25) is 0 Å². The van der Waals surface area contributed by atoms with E-state index < -0.39 is 0 Å². The molecule has 0 aliphatic heterocycles. The number of aryl methyl sites for hydroxylation is 1. The van der Waals surface area contributed by atoms with Crippen LogP contribution in [0.5, 0.6) is 0 Å². The number of amides is 1. The van der Waals surface area contributed by atoms with E-state index in [1.807, 2.05) is 42.7 Å². The van der Waals surface area contributed by atoms with Crippen molar-refractivity contribution in [1.29, 1.82) is 0 Å². The fraction of sp³-hybridized carbons (Fsp3) is 0.452. The number of allylic oxidation sites excluding steroid dienone is 1. The van der Waals surface area contributed by atoms with Crippen molar-refractivity contribution < 1.29 is 4.79 Å². The minimum Gasteiger partial charge on any atom is -0.322 e. The molecule has 1 atom stereocenters. The highest BCUT2D eigenvalue weighted by Crippen LogP contribution is 2.40. The van der Waals surface area contributed by atoms with Gasteiger partial charge in [0.05, 0.1) is 0 Å². The summed E-state index contributed by atoms with van der Waals surface area (Å²) in [4.78, 5) is 14.1. The van der Waals surface area contributed by atoms with Crippen LogP contribution < -0.4 is 5.32 Å². The summed E-state index contributed by atoms with van der Waals surface area (Å²) in [7, 11) is 0. The van der Waals surface area contributed by atoms with E-state index in [4.69, 9.17) is 0 Å². The van der Waals surface area contributed by atoms with Crippen LogP contribution in [0.15, 0.2) is 71.0 Å². The minimum absolute atomic E-state index is 0.0602. The maximum Gasteiger partial charge on any atom is 0.251 e. The van der Waals surface area contributed by atoms with Crippen molar-refractivity contribution in [2.75, 3.05) is 5.32 Å². The first-order chi connectivity index (χ1) is 16.4. The van der Waals surface area contributed by atoms with E-state index in [2.05, 4.69) is 50.9 Å². The highest BCUT2D eigenvalue weighted by Gasteiger charge is 2.24. The topological polar surface area (TPSA) is 29.1 Å². The third kappa shape index (κ3) is 7.63. The largest absolute Gasteiger partial charge is 0.322 e. The van der Waals surface area contributed by atoms with E-state index in [-0.39, 0.29) is 5.91 Å². The number of rotatable bonds is 10. The van der Waals surface area contributed by atoms with Gasteiger partial charge in [-0.15, -0.1) is 11.8 Å². The number of thioether (sulfide) groups is 1. The molecule has 1 unspecified atom stereocenters. The van der Waals surface area contributed by atoms with Gasteiger partial charge in [0.25, 0.3) is 5.91 Å². The summed E-state index contributed by atoms with van der Waals surface area (Å²) in [5.74, 6) is 2.24. The van der Waals surface area contributed by atoms with Crippen LogP contribution in [0.3, 0.4) is 0 Å². The van der Waals surface area contributed by atoms with Gasteiger partial charge in [0.15, 0.2) is 0 Å². The quantitative estimate of drug-likeness (QED) is 0.347. The Hall–Kier alpha value is -2.26. The second-order valence-corrected chi connectivity index (χ2v) is 11.1. The Balaban J connectivity index is 1.54. The molecular formula is C31H41NOS. The molecule has 0 saturated heterocycles. The van der Waals surface area contributed by atoms with Crippen LogP contribution >= 0.6 is 11.8 Å². The Morgan fingerprint density at radius 1 is 1.15 bits per heavy atom. The molecule has 0 heterocycles. The van der Waals surface area contributed by atoms with Crippen LogP contribution in [-0.2, 0) is 4.79 Å². The lowest BCUT2D eigenvalue weighted by atomic mass is 9.77. The van der Waals surface area contributed by atoms with Gasteiger partial charge in [-0.25, -0.2) is 0 Å². The molecule has 1 aliphatic rings. The number of nitrogens with one attached hydrogen (secondary N) is 1. The van der Waals surface area contributed by atoms with Crippen LogP contribution in [0.25, 0.3) is 11.1 Å². The van der Waals surface area contributed by atoms with Crippen LogP contribution in [0.4, 0.5) is 5.69 Å². The lowest BCUT2D eigenvalue weighted by Crippen LogP contribution is -2.17. The molecule has 1 fully saturated rings. The molecule has 0 bridgehead atoms. The summed E-state index contributed by atoms with van der Waals surface area (Å²) in [6, 6.07) is 16.4. The SMILES string of the molecule is C=C(S/C=C(\C)C(=O)Nc1ccc(C)cc1-c1ccccc1)C1CCC(CC(C)CCC)CC1. The molecule has 1 N–H and O–H groups in total.